The van der Waals surface area contributed by atoms with Gasteiger partial charge in [0.15, 0.2) is 5.71 Å². The summed E-state index contributed by atoms with van der Waals surface area (Å²) in [6, 6.07) is 1.80. The highest BCUT2D eigenvalue weighted by Gasteiger charge is 2.54. The van der Waals surface area contributed by atoms with E-state index in [1.807, 2.05) is 0 Å². The second-order valence-corrected chi connectivity index (χ2v) is 9.86. The van der Waals surface area contributed by atoms with Gasteiger partial charge in [0.2, 0.25) is 11.6 Å². The highest BCUT2D eigenvalue weighted by atomic mass is 35.5. The molecule has 0 spiro atoms. The number of anilines is 1. The molecule has 18 heteroatoms. The van der Waals surface area contributed by atoms with E-state index in [4.69, 9.17) is 16.4 Å². The maximum Gasteiger partial charge on any atom is 0.352 e. The third-order valence-corrected chi connectivity index (χ3v) is 7.91. The third-order valence-electron chi connectivity index (χ3n) is 5.17. The summed E-state index contributed by atoms with van der Waals surface area (Å²) in [6.45, 7) is 0. The van der Waals surface area contributed by atoms with E-state index in [-0.39, 0.29) is 33.7 Å². The van der Waals surface area contributed by atoms with Gasteiger partial charge in [-0.25, -0.2) is 14.5 Å². The molecule has 2 aliphatic heterocycles. The number of halogens is 1. The first-order chi connectivity index (χ1) is 17.8. The van der Waals surface area contributed by atoms with Crippen molar-refractivity contribution in [1.29, 1.82) is 0 Å². The Hall–Kier alpha value is -3.70. The summed E-state index contributed by atoms with van der Waals surface area (Å²) in [5.41, 5.74) is -0.0315. The van der Waals surface area contributed by atoms with Gasteiger partial charge in [0.1, 0.15) is 35.7 Å². The number of thioether (sulfide) groups is 2. The van der Waals surface area contributed by atoms with Gasteiger partial charge >= 0.3 is 5.97 Å². The molecule has 2 aliphatic rings. The first kappa shape index (κ1) is 26.4. The molecule has 2 aromatic rings. The predicted octanol–water partition coefficient (Wildman–Crippen LogP) is -0.292. The van der Waals surface area contributed by atoms with Crippen molar-refractivity contribution in [3.05, 3.63) is 34.1 Å². The molecule has 4 heterocycles. The van der Waals surface area contributed by atoms with Crippen LogP contribution in [0.1, 0.15) is 5.69 Å². The third kappa shape index (κ3) is 5.23. The van der Waals surface area contributed by atoms with E-state index in [2.05, 4.69) is 36.3 Å². The first-order valence-electron chi connectivity index (χ1n) is 10.3. The monoisotopic (exact) mass is 567 g/mol. The average molecular weight is 568 g/mol. The minimum Gasteiger partial charge on any atom is -0.477 e. The normalized spacial score (nSPS) is 19.2. The van der Waals surface area contributed by atoms with Crippen molar-refractivity contribution in [2.24, 2.45) is 12.2 Å². The number of hydrogen-bond donors (Lipinski definition) is 3. The molecule has 2 atom stereocenters. The predicted molar refractivity (Wildman–Crippen MR) is 132 cm³/mol. The fraction of sp³-hybridized carbons (Fsp3) is 0.316. The van der Waals surface area contributed by atoms with Gasteiger partial charge in [-0.3, -0.25) is 19.3 Å². The summed E-state index contributed by atoms with van der Waals surface area (Å²) in [5.74, 6) is -2.00. The van der Waals surface area contributed by atoms with E-state index in [1.165, 1.54) is 47.4 Å². The van der Waals surface area contributed by atoms with Crippen LogP contribution in [0.2, 0.25) is 5.02 Å². The van der Waals surface area contributed by atoms with Crippen molar-refractivity contribution in [2.45, 2.75) is 16.6 Å². The number of fused-ring (bicyclic) bond motifs is 1. The number of oxime groups is 1. The molecule has 1 unspecified atom stereocenters. The Bertz CT molecular complexity index is 1330. The molecule has 2 aromatic heterocycles. The maximum absolute atomic E-state index is 13.1. The van der Waals surface area contributed by atoms with Crippen LogP contribution in [-0.4, -0.2) is 95.1 Å². The molecule has 15 nitrogen and oxygen atoms in total. The van der Waals surface area contributed by atoms with Gasteiger partial charge in [0.05, 0.1) is 5.02 Å². The number of amides is 3. The first-order valence-corrected chi connectivity index (χ1v) is 12.7. The smallest absolute Gasteiger partial charge is 0.352 e. The number of carboxylic acids is 1. The number of carboxylic acid groups (broad SMARTS) is 1. The molecule has 0 bridgehead atoms. The minimum atomic E-state index is -1.26. The highest BCUT2D eigenvalue weighted by molar-refractivity contribution is 8.01. The fourth-order valence-corrected chi connectivity index (χ4v) is 6.06. The fourth-order valence-electron chi connectivity index (χ4n) is 3.53. The lowest BCUT2D eigenvalue weighted by atomic mass is 10.0. The van der Waals surface area contributed by atoms with Crippen LogP contribution in [0, 0.1) is 0 Å². The van der Waals surface area contributed by atoms with E-state index < -0.39 is 29.2 Å². The summed E-state index contributed by atoms with van der Waals surface area (Å²) in [4.78, 5) is 58.9. The summed E-state index contributed by atoms with van der Waals surface area (Å²) < 4.78 is 1.45. The lowest BCUT2D eigenvalue weighted by Crippen LogP contribution is -2.71. The largest absolute Gasteiger partial charge is 0.477 e. The van der Waals surface area contributed by atoms with Crippen LogP contribution in [0.3, 0.4) is 0 Å². The minimum absolute atomic E-state index is 0.0485. The Morgan fingerprint density at radius 2 is 2.22 bits per heavy atom. The number of carbonyl (C=O) groups is 4. The number of aryl methyl sites for hydroxylation is 1. The van der Waals surface area contributed by atoms with E-state index >= 15 is 0 Å². The number of hydrogen-bond acceptors (Lipinski definition) is 12. The maximum atomic E-state index is 13.1. The SMILES string of the molecule is CON=C(C(=O)NC1C(=O)N2C(C(=O)O)=C(CSc3nnnn3C)CS[C@@H]12)c1nc(NC=O)ccc1Cl. The molecule has 4 rings (SSSR count). The van der Waals surface area contributed by atoms with Crippen LogP contribution in [0.25, 0.3) is 0 Å². The van der Waals surface area contributed by atoms with Crippen molar-refractivity contribution < 1.29 is 29.1 Å². The Kier molecular flexibility index (Phi) is 7.94. The Morgan fingerprint density at radius 3 is 2.86 bits per heavy atom. The van der Waals surface area contributed by atoms with Crippen molar-refractivity contribution in [1.82, 2.24) is 35.4 Å². The Balaban J connectivity index is 1.52. The van der Waals surface area contributed by atoms with Gasteiger partial charge in [-0.1, -0.05) is 28.5 Å². The number of carbonyl (C=O) groups excluding carboxylic acids is 3. The second-order valence-electron chi connectivity index (χ2n) is 7.40. The highest BCUT2D eigenvalue weighted by Crippen LogP contribution is 2.41. The summed E-state index contributed by atoms with van der Waals surface area (Å²) in [6.07, 6.45) is 0.402. The molecule has 0 radical (unpaired) electrons. The lowest BCUT2D eigenvalue weighted by Gasteiger charge is -2.49. The second kappa shape index (κ2) is 11.1. The molecular formula is C19H18ClN9O6S2. The van der Waals surface area contributed by atoms with E-state index in [0.29, 0.717) is 22.9 Å². The number of β-lactam (4-membered cyclic amide) rings is 1. The standard InChI is InChI=1S/C19H18ClN9O6S2/c1-28-19(24-26-27-28)37-6-8-5-36-17-13(16(32)29(17)14(8)18(33)34)23-15(31)12(25-35-2)11-9(20)3-4-10(22-11)21-7-30/h3-4,7,13,17H,5-6H2,1-2H3,(H,23,31)(H,33,34)(H,21,22,30)/t13?,17-/m0/s1. The molecule has 0 saturated carbocycles. The molecule has 3 N–H and O–H groups in total. The van der Waals surface area contributed by atoms with Gasteiger partial charge in [0, 0.05) is 18.6 Å². The molecule has 3 amide bonds. The van der Waals surface area contributed by atoms with Gasteiger partial charge in [0.25, 0.3) is 11.8 Å². The van der Waals surface area contributed by atoms with Crippen LogP contribution >= 0.6 is 35.1 Å². The molecule has 1 saturated heterocycles. The topological polar surface area (TPSA) is 194 Å². The molecule has 1 fully saturated rings. The zero-order valence-electron chi connectivity index (χ0n) is 19.1. The van der Waals surface area contributed by atoms with E-state index in [9.17, 15) is 24.3 Å². The van der Waals surface area contributed by atoms with Crippen molar-refractivity contribution in [3.8, 4) is 0 Å². The number of tetrazole rings is 1. The quantitative estimate of drug-likeness (QED) is 0.112. The van der Waals surface area contributed by atoms with Crippen molar-refractivity contribution in [3.63, 3.8) is 0 Å². The Morgan fingerprint density at radius 1 is 1.43 bits per heavy atom. The number of rotatable bonds is 10. The molecule has 194 valence electrons. The Labute approximate surface area is 222 Å². The molecule has 0 aromatic carbocycles. The van der Waals surface area contributed by atoms with Gasteiger partial charge in [-0.2, -0.15) is 0 Å². The molecule has 37 heavy (non-hydrogen) atoms. The number of nitrogens with zero attached hydrogens (tertiary/aromatic N) is 7. The summed E-state index contributed by atoms with van der Waals surface area (Å²) in [7, 11) is 2.87. The number of aliphatic carboxylic acids is 1. The van der Waals surface area contributed by atoms with Gasteiger partial charge < -0.3 is 20.6 Å². The van der Waals surface area contributed by atoms with Crippen molar-refractivity contribution >= 4 is 70.8 Å². The zero-order valence-corrected chi connectivity index (χ0v) is 21.5. The van der Waals surface area contributed by atoms with E-state index in [1.54, 1.807) is 7.05 Å². The summed E-state index contributed by atoms with van der Waals surface area (Å²) in [5, 5.41) is 29.5. The zero-order chi connectivity index (χ0) is 26.7. The van der Waals surface area contributed by atoms with Crippen LogP contribution < -0.4 is 10.6 Å². The van der Waals surface area contributed by atoms with Gasteiger partial charge in [-0.15, -0.1) is 16.9 Å². The number of pyridine rings is 1. The summed E-state index contributed by atoms with van der Waals surface area (Å²) >= 11 is 8.73. The van der Waals surface area contributed by atoms with Gasteiger partial charge in [-0.05, 0) is 28.1 Å². The van der Waals surface area contributed by atoms with Crippen molar-refractivity contribution in [2.75, 3.05) is 23.9 Å². The van der Waals surface area contributed by atoms with Crippen LogP contribution in [0.15, 0.2) is 33.7 Å². The van der Waals surface area contributed by atoms with Crippen LogP contribution in [-0.2, 0) is 31.1 Å². The average Bonchev–Trinajstić information content (AvgIpc) is 3.29. The van der Waals surface area contributed by atoms with Crippen LogP contribution in [0.5, 0.6) is 0 Å². The number of nitrogens with one attached hydrogen (secondary N) is 2. The lowest BCUT2D eigenvalue weighted by molar-refractivity contribution is -0.150. The molecule has 0 aliphatic carbocycles. The van der Waals surface area contributed by atoms with E-state index in [0.717, 1.165) is 4.90 Å². The van der Waals surface area contributed by atoms with Crippen LogP contribution in [0.4, 0.5) is 5.82 Å². The number of aromatic nitrogens is 5. The molecular weight excluding hydrogens is 550 g/mol.